The van der Waals surface area contributed by atoms with Crippen molar-refractivity contribution in [2.24, 2.45) is 0 Å². The van der Waals surface area contributed by atoms with Crippen molar-refractivity contribution in [2.45, 2.75) is 6.92 Å². The molecule has 0 spiro atoms. The fraction of sp³-hybridized carbons (Fsp3) is 0.240. The highest BCUT2D eigenvalue weighted by Crippen LogP contribution is 2.34. The van der Waals surface area contributed by atoms with Crippen LogP contribution in [0.4, 0.5) is 11.5 Å². The Morgan fingerprint density at radius 1 is 1.14 bits per heavy atom. The highest BCUT2D eigenvalue weighted by molar-refractivity contribution is 6.01. The normalized spacial score (nSPS) is 11.5. The zero-order valence-electron chi connectivity index (χ0n) is 20.4. The number of fused-ring (bicyclic) bond motifs is 1. The Morgan fingerprint density at radius 3 is 2.63 bits per heavy atom. The van der Waals surface area contributed by atoms with E-state index in [-0.39, 0.29) is 5.91 Å². The number of likely N-dealkylation sites (N-methyl/N-ethyl adjacent to an activating group) is 2. The van der Waals surface area contributed by atoms with E-state index in [0.717, 1.165) is 16.9 Å². The van der Waals surface area contributed by atoms with E-state index in [0.29, 0.717) is 40.6 Å². The van der Waals surface area contributed by atoms with Gasteiger partial charge in [-0.25, -0.2) is 15.0 Å². The molecule has 3 heterocycles. The van der Waals surface area contributed by atoms with Gasteiger partial charge in [0.25, 0.3) is 0 Å². The number of hydrogen-bond acceptors (Lipinski definition) is 8. The first-order valence-electron chi connectivity index (χ1n) is 11.0. The third-order valence-corrected chi connectivity index (χ3v) is 5.57. The van der Waals surface area contributed by atoms with Gasteiger partial charge in [-0.2, -0.15) is 9.78 Å². The van der Waals surface area contributed by atoms with Gasteiger partial charge in [-0.1, -0.05) is 18.2 Å². The number of anilines is 2. The number of hydrogen-bond donors (Lipinski definition) is 1. The minimum atomic E-state index is -0.137. The number of methoxy groups -OCH3 is 1. The number of ether oxygens (including phenoxy) is 1. The van der Waals surface area contributed by atoms with Gasteiger partial charge in [-0.05, 0) is 44.8 Å². The summed E-state index contributed by atoms with van der Waals surface area (Å²) in [5.74, 6) is 1.46. The van der Waals surface area contributed by atoms with Gasteiger partial charge in [-0.3, -0.25) is 4.79 Å². The predicted molar refractivity (Wildman–Crippen MR) is 137 cm³/mol. The molecule has 0 bridgehead atoms. The van der Waals surface area contributed by atoms with Gasteiger partial charge < -0.3 is 20.3 Å². The monoisotopic (exact) mass is 472 g/mol. The molecule has 180 valence electrons. The number of benzene rings is 1. The standard InChI is InChI=1S/C25H28N8O2/c1-16-8-9-17(13-19(16)35-5)23-22-24(26)28-15-29-25(22)33(30-23)20-11-10-18(14-27-20)32(4)21(34)7-6-12-31(2)3/h6-11,13-15H,12H2,1-5H3,(H2,26,28,29)/b7-6+. The van der Waals surface area contributed by atoms with Crippen LogP contribution in [0, 0.1) is 6.92 Å². The maximum Gasteiger partial charge on any atom is 0.250 e. The first kappa shape index (κ1) is 23.8. The molecule has 10 nitrogen and oxygen atoms in total. The average Bonchev–Trinajstić information content (AvgIpc) is 3.24. The average molecular weight is 473 g/mol. The summed E-state index contributed by atoms with van der Waals surface area (Å²) in [4.78, 5) is 29.1. The molecule has 0 fully saturated rings. The van der Waals surface area contributed by atoms with Crippen LogP contribution in [0.1, 0.15) is 5.56 Å². The molecule has 0 atom stereocenters. The van der Waals surface area contributed by atoms with Crippen molar-refractivity contribution in [1.29, 1.82) is 0 Å². The molecule has 0 saturated carbocycles. The summed E-state index contributed by atoms with van der Waals surface area (Å²) in [5.41, 5.74) is 9.88. The lowest BCUT2D eigenvalue weighted by atomic mass is 10.1. The van der Waals surface area contributed by atoms with Gasteiger partial charge in [0.15, 0.2) is 11.5 Å². The number of nitrogens with two attached hydrogens (primary N) is 1. The van der Waals surface area contributed by atoms with Crippen molar-refractivity contribution < 1.29 is 9.53 Å². The molecule has 0 saturated heterocycles. The minimum absolute atomic E-state index is 0.137. The highest BCUT2D eigenvalue weighted by atomic mass is 16.5. The molecule has 0 aliphatic heterocycles. The van der Waals surface area contributed by atoms with Gasteiger partial charge in [0.1, 0.15) is 23.6 Å². The van der Waals surface area contributed by atoms with Crippen LogP contribution in [0.15, 0.2) is 55.0 Å². The zero-order chi connectivity index (χ0) is 25.1. The van der Waals surface area contributed by atoms with Crippen LogP contribution in [0.3, 0.4) is 0 Å². The molecule has 35 heavy (non-hydrogen) atoms. The minimum Gasteiger partial charge on any atom is -0.496 e. The molecule has 1 aromatic carbocycles. The summed E-state index contributed by atoms with van der Waals surface area (Å²) in [6, 6.07) is 9.43. The maximum atomic E-state index is 12.5. The maximum absolute atomic E-state index is 12.5. The van der Waals surface area contributed by atoms with Crippen LogP contribution in [0.2, 0.25) is 0 Å². The molecule has 2 N–H and O–H groups in total. The molecule has 3 aromatic heterocycles. The molecular weight excluding hydrogens is 444 g/mol. The van der Waals surface area contributed by atoms with Crippen LogP contribution in [-0.4, -0.2) is 70.3 Å². The molecule has 0 unspecified atom stereocenters. The predicted octanol–water partition coefficient (Wildman–Crippen LogP) is 2.86. The number of amides is 1. The molecule has 1 amide bonds. The number of rotatable bonds is 7. The van der Waals surface area contributed by atoms with E-state index in [1.165, 1.54) is 11.2 Å². The Labute approximate surface area is 203 Å². The van der Waals surface area contributed by atoms with Crippen LogP contribution < -0.4 is 15.4 Å². The summed E-state index contributed by atoms with van der Waals surface area (Å²) in [5, 5.41) is 5.41. The topological polar surface area (TPSA) is 115 Å². The van der Waals surface area contributed by atoms with Gasteiger partial charge in [0.05, 0.1) is 24.4 Å². The fourth-order valence-corrected chi connectivity index (χ4v) is 3.61. The van der Waals surface area contributed by atoms with E-state index in [2.05, 4.69) is 15.0 Å². The quantitative estimate of drug-likeness (QED) is 0.408. The number of carbonyl (C=O) groups is 1. The molecule has 0 aliphatic rings. The summed E-state index contributed by atoms with van der Waals surface area (Å²) in [6.07, 6.45) is 6.40. The van der Waals surface area contributed by atoms with Crippen molar-refractivity contribution >= 4 is 28.4 Å². The number of nitrogens with zero attached hydrogens (tertiary/aromatic N) is 7. The third-order valence-electron chi connectivity index (χ3n) is 5.57. The number of nitrogen functional groups attached to an aromatic ring is 1. The second kappa shape index (κ2) is 9.90. The Morgan fingerprint density at radius 2 is 1.94 bits per heavy atom. The number of aryl methyl sites for hydroxylation is 1. The van der Waals surface area contributed by atoms with Crippen molar-refractivity contribution in [3.8, 4) is 22.8 Å². The van der Waals surface area contributed by atoms with Crippen LogP contribution in [0.5, 0.6) is 5.75 Å². The summed E-state index contributed by atoms with van der Waals surface area (Å²) >= 11 is 0. The Hall–Kier alpha value is -4.31. The van der Waals surface area contributed by atoms with Gasteiger partial charge in [0, 0.05) is 25.2 Å². The van der Waals surface area contributed by atoms with Gasteiger partial charge >= 0.3 is 0 Å². The van der Waals surface area contributed by atoms with Crippen LogP contribution in [0.25, 0.3) is 28.1 Å². The first-order chi connectivity index (χ1) is 16.8. The summed E-state index contributed by atoms with van der Waals surface area (Å²) in [7, 11) is 7.23. The molecule has 4 rings (SSSR count). The lowest BCUT2D eigenvalue weighted by molar-refractivity contribution is -0.113. The lowest BCUT2D eigenvalue weighted by Crippen LogP contribution is -2.24. The van der Waals surface area contributed by atoms with E-state index in [9.17, 15) is 4.79 Å². The SMILES string of the molecule is COc1cc(-c2nn(-c3ccc(N(C)C(=O)/C=C/CN(C)C)cn3)c3ncnc(N)c23)ccc1C. The second-order valence-corrected chi connectivity index (χ2v) is 8.34. The van der Waals surface area contributed by atoms with E-state index in [4.69, 9.17) is 15.6 Å². The fourth-order valence-electron chi connectivity index (χ4n) is 3.61. The third kappa shape index (κ3) is 4.82. The lowest BCUT2D eigenvalue weighted by Gasteiger charge is -2.15. The molecule has 0 radical (unpaired) electrons. The van der Waals surface area contributed by atoms with Crippen molar-refractivity contribution in [2.75, 3.05) is 45.4 Å². The van der Waals surface area contributed by atoms with E-state index < -0.39 is 0 Å². The smallest absolute Gasteiger partial charge is 0.250 e. The Balaban J connectivity index is 1.71. The van der Waals surface area contributed by atoms with Gasteiger partial charge in [0.2, 0.25) is 5.91 Å². The second-order valence-electron chi connectivity index (χ2n) is 8.34. The Kier molecular flexibility index (Phi) is 6.74. The summed E-state index contributed by atoms with van der Waals surface area (Å²) < 4.78 is 7.11. The zero-order valence-corrected chi connectivity index (χ0v) is 20.4. The van der Waals surface area contributed by atoms with E-state index in [1.54, 1.807) is 37.2 Å². The van der Waals surface area contributed by atoms with Crippen LogP contribution >= 0.6 is 0 Å². The molecule has 10 heteroatoms. The van der Waals surface area contributed by atoms with Crippen LogP contribution in [-0.2, 0) is 4.79 Å². The molecule has 4 aromatic rings. The molecule has 0 aliphatic carbocycles. The number of aromatic nitrogens is 5. The van der Waals surface area contributed by atoms with Crippen molar-refractivity contribution in [1.82, 2.24) is 29.6 Å². The van der Waals surface area contributed by atoms with Crippen molar-refractivity contribution in [3.63, 3.8) is 0 Å². The van der Waals surface area contributed by atoms with Gasteiger partial charge in [-0.15, -0.1) is 0 Å². The van der Waals surface area contributed by atoms with Crippen molar-refractivity contribution in [3.05, 3.63) is 60.6 Å². The summed E-state index contributed by atoms with van der Waals surface area (Å²) in [6.45, 7) is 2.66. The largest absolute Gasteiger partial charge is 0.496 e. The Bertz CT molecular complexity index is 1390. The van der Waals surface area contributed by atoms with E-state index >= 15 is 0 Å². The number of pyridine rings is 1. The number of carbonyl (C=O) groups excluding carboxylic acids is 1. The highest BCUT2D eigenvalue weighted by Gasteiger charge is 2.20. The van der Waals surface area contributed by atoms with E-state index in [1.807, 2.05) is 56.3 Å². The molecular formula is C25H28N8O2. The first-order valence-corrected chi connectivity index (χ1v) is 11.0.